The molecule has 0 heterocycles. The Kier molecular flexibility index (Phi) is 6.34. The Bertz CT molecular complexity index is 762. The molecule has 1 N–H and O–H groups in total. The highest BCUT2D eigenvalue weighted by molar-refractivity contribution is 6.07. The summed E-state index contributed by atoms with van der Waals surface area (Å²) in [5.74, 6) is -0.0854. The van der Waals surface area contributed by atoms with Gasteiger partial charge in [-0.3, -0.25) is 4.79 Å². The molecule has 0 aromatic heterocycles. The third kappa shape index (κ3) is 5.21. The van der Waals surface area contributed by atoms with Crippen molar-refractivity contribution in [3.05, 3.63) is 65.7 Å². The number of hydrogen-bond donors (Lipinski definition) is 1. The molecule has 0 saturated carbocycles. The second-order valence-electron chi connectivity index (χ2n) is 5.29. The number of benzene rings is 2. The molecule has 0 radical (unpaired) electrons. The van der Waals surface area contributed by atoms with E-state index < -0.39 is 12.1 Å². The number of carboxylic acid groups (broad SMARTS) is 1. The normalized spacial score (nSPS) is 11.9. The van der Waals surface area contributed by atoms with E-state index in [9.17, 15) is 9.59 Å². The first-order chi connectivity index (χ1) is 12.0. The van der Waals surface area contributed by atoms with Crippen molar-refractivity contribution in [2.24, 2.45) is 0 Å². The van der Waals surface area contributed by atoms with E-state index in [4.69, 9.17) is 14.6 Å². The zero-order chi connectivity index (χ0) is 18.2. The van der Waals surface area contributed by atoms with Crippen LogP contribution in [0.4, 0.5) is 0 Å². The number of carboxylic acids is 1. The van der Waals surface area contributed by atoms with Crippen LogP contribution in [0.5, 0.6) is 11.5 Å². The third-order valence-corrected chi connectivity index (χ3v) is 3.43. The fourth-order valence-corrected chi connectivity index (χ4v) is 2.12. The van der Waals surface area contributed by atoms with E-state index in [1.165, 1.54) is 13.0 Å². The van der Waals surface area contributed by atoms with E-state index >= 15 is 0 Å². The SMILES string of the molecule is CCOc1ccccc1C=CC(=O)c1ccc(OC(C)C(=O)O)cc1. The van der Waals surface area contributed by atoms with Gasteiger partial charge < -0.3 is 14.6 Å². The molecule has 2 rings (SSSR count). The third-order valence-electron chi connectivity index (χ3n) is 3.43. The molecule has 1 unspecified atom stereocenters. The molecule has 0 bridgehead atoms. The van der Waals surface area contributed by atoms with Gasteiger partial charge in [-0.2, -0.15) is 0 Å². The number of ketones is 1. The molecule has 0 spiro atoms. The summed E-state index contributed by atoms with van der Waals surface area (Å²) in [6.45, 7) is 3.90. The first kappa shape index (κ1) is 18.3. The summed E-state index contributed by atoms with van der Waals surface area (Å²) >= 11 is 0. The van der Waals surface area contributed by atoms with Gasteiger partial charge >= 0.3 is 5.97 Å². The van der Waals surface area contributed by atoms with Crippen LogP contribution in [0.3, 0.4) is 0 Å². The molecular formula is C20H20O5. The van der Waals surface area contributed by atoms with Crippen molar-refractivity contribution in [2.45, 2.75) is 20.0 Å². The van der Waals surface area contributed by atoms with Gasteiger partial charge in [-0.05, 0) is 56.3 Å². The molecule has 0 amide bonds. The molecule has 2 aromatic rings. The fraction of sp³-hybridized carbons (Fsp3) is 0.200. The second-order valence-corrected chi connectivity index (χ2v) is 5.29. The van der Waals surface area contributed by atoms with Crippen molar-refractivity contribution in [1.29, 1.82) is 0 Å². The monoisotopic (exact) mass is 340 g/mol. The van der Waals surface area contributed by atoms with Crippen LogP contribution in [-0.2, 0) is 4.79 Å². The lowest BCUT2D eigenvalue weighted by molar-refractivity contribution is -0.144. The first-order valence-electron chi connectivity index (χ1n) is 7.95. The van der Waals surface area contributed by atoms with E-state index in [0.717, 1.165) is 11.3 Å². The fourth-order valence-electron chi connectivity index (χ4n) is 2.12. The first-order valence-corrected chi connectivity index (χ1v) is 7.95. The molecule has 0 aliphatic heterocycles. The molecule has 5 heteroatoms. The highest BCUT2D eigenvalue weighted by Crippen LogP contribution is 2.20. The van der Waals surface area contributed by atoms with Crippen molar-refractivity contribution < 1.29 is 24.2 Å². The van der Waals surface area contributed by atoms with Crippen LogP contribution < -0.4 is 9.47 Å². The van der Waals surface area contributed by atoms with E-state index in [0.29, 0.717) is 17.9 Å². The van der Waals surface area contributed by atoms with Crippen molar-refractivity contribution in [3.63, 3.8) is 0 Å². The van der Waals surface area contributed by atoms with E-state index in [2.05, 4.69) is 0 Å². The van der Waals surface area contributed by atoms with Gasteiger partial charge in [-0.25, -0.2) is 4.79 Å². The van der Waals surface area contributed by atoms with E-state index in [-0.39, 0.29) is 5.78 Å². The van der Waals surface area contributed by atoms with Crippen LogP contribution in [0.2, 0.25) is 0 Å². The van der Waals surface area contributed by atoms with E-state index in [1.807, 2.05) is 31.2 Å². The molecule has 25 heavy (non-hydrogen) atoms. The Labute approximate surface area is 146 Å². The van der Waals surface area contributed by atoms with Crippen LogP contribution in [0, 0.1) is 0 Å². The summed E-state index contributed by atoms with van der Waals surface area (Å²) in [5.41, 5.74) is 1.31. The molecule has 2 aromatic carbocycles. The van der Waals surface area contributed by atoms with Gasteiger partial charge in [0.1, 0.15) is 11.5 Å². The number of carbonyl (C=O) groups excluding carboxylic acids is 1. The second kappa shape index (κ2) is 8.68. The maximum Gasteiger partial charge on any atom is 0.344 e. The van der Waals surface area contributed by atoms with E-state index in [1.54, 1.807) is 30.3 Å². The molecular weight excluding hydrogens is 320 g/mol. The number of rotatable bonds is 8. The molecule has 130 valence electrons. The van der Waals surface area contributed by atoms with Gasteiger partial charge in [0.15, 0.2) is 11.9 Å². The van der Waals surface area contributed by atoms with Crippen molar-refractivity contribution in [3.8, 4) is 11.5 Å². The lowest BCUT2D eigenvalue weighted by Crippen LogP contribution is -2.22. The summed E-state index contributed by atoms with van der Waals surface area (Å²) in [6, 6.07) is 13.8. The maximum atomic E-state index is 12.3. The average Bonchev–Trinajstić information content (AvgIpc) is 2.61. The zero-order valence-electron chi connectivity index (χ0n) is 14.1. The lowest BCUT2D eigenvalue weighted by atomic mass is 10.1. The minimum absolute atomic E-state index is 0.163. The van der Waals surface area contributed by atoms with Gasteiger partial charge in [0.05, 0.1) is 6.61 Å². The Morgan fingerprint density at radius 2 is 1.80 bits per heavy atom. The van der Waals surface area contributed by atoms with Crippen LogP contribution in [0.1, 0.15) is 29.8 Å². The Hall–Kier alpha value is -3.08. The van der Waals surface area contributed by atoms with Gasteiger partial charge in [0.2, 0.25) is 0 Å². The molecule has 5 nitrogen and oxygen atoms in total. The average molecular weight is 340 g/mol. The lowest BCUT2D eigenvalue weighted by Gasteiger charge is -2.10. The van der Waals surface area contributed by atoms with Crippen molar-refractivity contribution in [1.82, 2.24) is 0 Å². The molecule has 0 aliphatic rings. The molecule has 1 atom stereocenters. The quantitative estimate of drug-likeness (QED) is 0.584. The summed E-state index contributed by atoms with van der Waals surface area (Å²) in [7, 11) is 0. The van der Waals surface area contributed by atoms with Gasteiger partial charge in [0, 0.05) is 11.1 Å². The number of allylic oxidation sites excluding steroid dienone is 1. The number of hydrogen-bond acceptors (Lipinski definition) is 4. The predicted molar refractivity (Wildman–Crippen MR) is 95.1 cm³/mol. The maximum absolute atomic E-state index is 12.3. The summed E-state index contributed by atoms with van der Waals surface area (Å²) in [5, 5.41) is 8.83. The highest BCUT2D eigenvalue weighted by Gasteiger charge is 2.12. The Balaban J connectivity index is 2.07. The van der Waals surface area contributed by atoms with Crippen LogP contribution >= 0.6 is 0 Å². The van der Waals surface area contributed by atoms with Gasteiger partial charge in [-0.15, -0.1) is 0 Å². The van der Waals surface area contributed by atoms with Gasteiger partial charge in [0.25, 0.3) is 0 Å². The van der Waals surface area contributed by atoms with Crippen molar-refractivity contribution >= 4 is 17.8 Å². The minimum Gasteiger partial charge on any atom is -0.493 e. The Morgan fingerprint density at radius 3 is 2.44 bits per heavy atom. The largest absolute Gasteiger partial charge is 0.493 e. The van der Waals surface area contributed by atoms with Crippen LogP contribution in [-0.4, -0.2) is 29.6 Å². The zero-order valence-corrected chi connectivity index (χ0v) is 14.1. The Morgan fingerprint density at radius 1 is 1.12 bits per heavy atom. The summed E-state index contributed by atoms with van der Waals surface area (Å²) < 4.78 is 10.8. The molecule has 0 saturated heterocycles. The number of aliphatic carboxylic acids is 1. The summed E-state index contributed by atoms with van der Waals surface area (Å²) in [6.07, 6.45) is 2.24. The van der Waals surface area contributed by atoms with Crippen LogP contribution in [0.15, 0.2) is 54.6 Å². The topological polar surface area (TPSA) is 72.8 Å². The predicted octanol–water partition coefficient (Wildman–Crippen LogP) is 3.83. The highest BCUT2D eigenvalue weighted by atomic mass is 16.5. The number of carbonyl (C=O) groups is 2. The smallest absolute Gasteiger partial charge is 0.344 e. The number of para-hydroxylation sites is 1. The molecule has 0 fully saturated rings. The molecule has 0 aliphatic carbocycles. The standard InChI is InChI=1S/C20H20O5/c1-3-24-19-7-5-4-6-16(19)10-13-18(21)15-8-11-17(12-9-15)25-14(2)20(22)23/h4-14H,3H2,1-2H3,(H,22,23). The summed E-state index contributed by atoms with van der Waals surface area (Å²) in [4.78, 5) is 23.0. The van der Waals surface area contributed by atoms with Crippen molar-refractivity contribution in [2.75, 3.05) is 6.61 Å². The number of ether oxygens (including phenoxy) is 2. The minimum atomic E-state index is -1.05. The van der Waals surface area contributed by atoms with Gasteiger partial charge in [-0.1, -0.05) is 18.2 Å². The van der Waals surface area contributed by atoms with Crippen LogP contribution in [0.25, 0.3) is 6.08 Å².